The second kappa shape index (κ2) is 6.37. The molecule has 0 unspecified atom stereocenters. The van der Waals surface area contributed by atoms with Gasteiger partial charge in [-0.25, -0.2) is 4.79 Å². The molecule has 6 heteroatoms. The topological polar surface area (TPSA) is 77.4 Å². The van der Waals surface area contributed by atoms with Crippen molar-refractivity contribution in [2.45, 2.75) is 0 Å². The number of hydrogen-bond donors (Lipinski definition) is 1. The Kier molecular flexibility index (Phi) is 4.80. The molecular formula is C11H13NO5. The predicted molar refractivity (Wildman–Crippen MR) is 60.7 cm³/mol. The summed E-state index contributed by atoms with van der Waals surface area (Å²) >= 11 is 0. The zero-order valence-electron chi connectivity index (χ0n) is 9.54. The Morgan fingerprint density at radius 1 is 1.41 bits per heavy atom. The smallest absolute Gasteiger partial charge is 0.344 e. The first-order valence-corrected chi connectivity index (χ1v) is 4.77. The number of methoxy groups -OCH3 is 2. The number of para-hydroxylation sites is 1. The molecule has 0 aliphatic heterocycles. The summed E-state index contributed by atoms with van der Waals surface area (Å²) in [5.74, 6) is -0.00730. The quantitative estimate of drug-likeness (QED) is 0.595. The van der Waals surface area contributed by atoms with Crippen molar-refractivity contribution < 1.29 is 24.2 Å². The number of ether oxygens (including phenoxy) is 2. The first-order valence-electron chi connectivity index (χ1n) is 4.77. The molecule has 1 aromatic rings. The fraction of sp³-hybridized carbons (Fsp3) is 0.273. The van der Waals surface area contributed by atoms with Crippen LogP contribution < -0.4 is 9.47 Å². The first-order chi connectivity index (χ1) is 8.19. The fourth-order valence-corrected chi connectivity index (χ4v) is 1.20. The fourth-order valence-electron chi connectivity index (χ4n) is 1.20. The van der Waals surface area contributed by atoms with Gasteiger partial charge in [0.2, 0.25) is 6.61 Å². The Labute approximate surface area is 98.4 Å². The minimum Gasteiger partial charge on any atom is -0.493 e. The largest absolute Gasteiger partial charge is 0.493 e. The number of hydrogen-bond acceptors (Lipinski definition) is 5. The third-order valence-corrected chi connectivity index (χ3v) is 1.89. The summed E-state index contributed by atoms with van der Waals surface area (Å²) in [6, 6.07) is 5.25. The van der Waals surface area contributed by atoms with Crippen LogP contribution in [-0.2, 0) is 9.63 Å². The van der Waals surface area contributed by atoms with Crippen LogP contribution in [0.1, 0.15) is 5.56 Å². The Balaban J connectivity index is 2.79. The van der Waals surface area contributed by atoms with Gasteiger partial charge < -0.3 is 19.4 Å². The van der Waals surface area contributed by atoms with Crippen molar-refractivity contribution in [3.63, 3.8) is 0 Å². The normalized spacial score (nSPS) is 10.2. The molecule has 17 heavy (non-hydrogen) atoms. The summed E-state index contributed by atoms with van der Waals surface area (Å²) in [7, 11) is 3.03. The Morgan fingerprint density at radius 2 is 2.18 bits per heavy atom. The lowest BCUT2D eigenvalue weighted by molar-refractivity contribution is -0.142. The molecule has 1 rings (SSSR count). The number of carboxylic acid groups (broad SMARTS) is 1. The molecule has 0 bridgehead atoms. The van der Waals surface area contributed by atoms with Crippen molar-refractivity contribution >= 4 is 12.2 Å². The highest BCUT2D eigenvalue weighted by atomic mass is 16.6. The van der Waals surface area contributed by atoms with Crippen LogP contribution in [0.15, 0.2) is 23.4 Å². The van der Waals surface area contributed by atoms with E-state index in [0.29, 0.717) is 17.1 Å². The van der Waals surface area contributed by atoms with Crippen LogP contribution in [0.4, 0.5) is 0 Å². The highest BCUT2D eigenvalue weighted by molar-refractivity contribution is 5.84. The molecule has 1 N–H and O–H groups in total. The van der Waals surface area contributed by atoms with E-state index in [9.17, 15) is 4.79 Å². The van der Waals surface area contributed by atoms with Crippen LogP contribution in [0.2, 0.25) is 0 Å². The average molecular weight is 239 g/mol. The van der Waals surface area contributed by atoms with E-state index in [1.54, 1.807) is 18.2 Å². The van der Waals surface area contributed by atoms with Gasteiger partial charge in [-0.2, -0.15) is 0 Å². The van der Waals surface area contributed by atoms with Gasteiger partial charge >= 0.3 is 5.97 Å². The highest BCUT2D eigenvalue weighted by Crippen LogP contribution is 2.29. The van der Waals surface area contributed by atoms with Gasteiger partial charge in [0.05, 0.1) is 20.4 Å². The lowest BCUT2D eigenvalue weighted by Gasteiger charge is -2.09. The van der Waals surface area contributed by atoms with Gasteiger partial charge in [0, 0.05) is 5.56 Å². The Morgan fingerprint density at radius 3 is 2.76 bits per heavy atom. The minimum absolute atomic E-state index is 0.483. The molecule has 0 aliphatic rings. The molecule has 0 fully saturated rings. The lowest BCUT2D eigenvalue weighted by atomic mass is 10.2. The number of benzene rings is 1. The summed E-state index contributed by atoms with van der Waals surface area (Å²) < 4.78 is 10.3. The summed E-state index contributed by atoms with van der Waals surface area (Å²) in [6.45, 7) is -0.483. The van der Waals surface area contributed by atoms with E-state index in [1.807, 2.05) is 0 Å². The molecule has 0 aliphatic carbocycles. The van der Waals surface area contributed by atoms with Crippen LogP contribution in [0.3, 0.4) is 0 Å². The number of oxime groups is 1. The van der Waals surface area contributed by atoms with Gasteiger partial charge in [-0.05, 0) is 12.1 Å². The Hall–Kier alpha value is -2.24. The molecule has 0 amide bonds. The van der Waals surface area contributed by atoms with Crippen molar-refractivity contribution in [3.05, 3.63) is 23.8 Å². The van der Waals surface area contributed by atoms with Crippen molar-refractivity contribution in [3.8, 4) is 11.5 Å². The number of carbonyl (C=O) groups is 1. The van der Waals surface area contributed by atoms with E-state index < -0.39 is 12.6 Å². The van der Waals surface area contributed by atoms with E-state index in [-0.39, 0.29) is 0 Å². The van der Waals surface area contributed by atoms with Crippen LogP contribution in [0, 0.1) is 0 Å². The molecule has 0 atom stereocenters. The third-order valence-electron chi connectivity index (χ3n) is 1.89. The second-order valence-electron chi connectivity index (χ2n) is 2.98. The van der Waals surface area contributed by atoms with Crippen molar-refractivity contribution in [2.75, 3.05) is 20.8 Å². The molecule has 0 radical (unpaired) electrons. The SMILES string of the molecule is COc1cccc(/C=N\OCC(=O)O)c1OC. The van der Waals surface area contributed by atoms with Crippen LogP contribution in [-0.4, -0.2) is 38.1 Å². The molecular weight excluding hydrogens is 226 g/mol. The summed E-state index contributed by atoms with van der Waals surface area (Å²) in [5.41, 5.74) is 0.636. The Bertz CT molecular complexity index is 416. The lowest BCUT2D eigenvalue weighted by Crippen LogP contribution is -2.03. The molecule has 92 valence electrons. The summed E-state index contributed by atoms with van der Waals surface area (Å²) in [5, 5.41) is 11.9. The maximum Gasteiger partial charge on any atom is 0.344 e. The van der Waals surface area contributed by atoms with Crippen LogP contribution in [0.5, 0.6) is 11.5 Å². The van der Waals surface area contributed by atoms with E-state index in [4.69, 9.17) is 14.6 Å². The van der Waals surface area contributed by atoms with Gasteiger partial charge in [0.25, 0.3) is 0 Å². The molecule has 0 aromatic heterocycles. The van der Waals surface area contributed by atoms with Crippen molar-refractivity contribution in [1.29, 1.82) is 0 Å². The first kappa shape index (κ1) is 12.8. The summed E-state index contributed by atoms with van der Waals surface area (Å²) in [4.78, 5) is 14.7. The molecule has 1 aromatic carbocycles. The van der Waals surface area contributed by atoms with Crippen LogP contribution in [0.25, 0.3) is 0 Å². The highest BCUT2D eigenvalue weighted by Gasteiger charge is 2.07. The third kappa shape index (κ3) is 3.67. The molecule has 0 heterocycles. The standard InChI is InChI=1S/C11H13NO5/c1-15-9-5-3-4-8(11(9)16-2)6-12-17-7-10(13)14/h3-6H,7H2,1-2H3,(H,13,14)/b12-6-. The second-order valence-corrected chi connectivity index (χ2v) is 2.98. The molecule has 0 saturated carbocycles. The van der Waals surface area contributed by atoms with Gasteiger partial charge in [-0.1, -0.05) is 11.2 Å². The number of carboxylic acids is 1. The van der Waals surface area contributed by atoms with Gasteiger partial charge in [0.1, 0.15) is 0 Å². The number of nitrogens with zero attached hydrogens (tertiary/aromatic N) is 1. The van der Waals surface area contributed by atoms with Gasteiger partial charge in [-0.3, -0.25) is 0 Å². The monoisotopic (exact) mass is 239 g/mol. The zero-order chi connectivity index (χ0) is 12.7. The van der Waals surface area contributed by atoms with E-state index in [0.717, 1.165) is 0 Å². The molecule has 6 nitrogen and oxygen atoms in total. The molecule has 0 saturated heterocycles. The number of aliphatic carboxylic acids is 1. The maximum atomic E-state index is 10.2. The predicted octanol–water partition coefficient (Wildman–Crippen LogP) is 1.14. The molecule has 0 spiro atoms. The maximum absolute atomic E-state index is 10.2. The summed E-state index contributed by atoms with van der Waals surface area (Å²) in [6.07, 6.45) is 1.37. The van der Waals surface area contributed by atoms with Crippen LogP contribution >= 0.6 is 0 Å². The zero-order valence-corrected chi connectivity index (χ0v) is 9.54. The van der Waals surface area contributed by atoms with E-state index in [1.165, 1.54) is 20.4 Å². The number of rotatable bonds is 6. The van der Waals surface area contributed by atoms with Gasteiger partial charge in [-0.15, -0.1) is 0 Å². The van der Waals surface area contributed by atoms with Crippen molar-refractivity contribution in [2.24, 2.45) is 5.16 Å². The minimum atomic E-state index is -1.08. The van der Waals surface area contributed by atoms with Gasteiger partial charge in [0.15, 0.2) is 11.5 Å². The van der Waals surface area contributed by atoms with E-state index >= 15 is 0 Å². The van der Waals surface area contributed by atoms with Crippen molar-refractivity contribution in [1.82, 2.24) is 0 Å². The van der Waals surface area contributed by atoms with E-state index in [2.05, 4.69) is 9.99 Å². The average Bonchev–Trinajstić information content (AvgIpc) is 2.33.